The van der Waals surface area contributed by atoms with Crippen LogP contribution in [0.1, 0.15) is 36.9 Å². The molecule has 9 nitrogen and oxygen atoms in total. The Morgan fingerprint density at radius 3 is 2.87 bits per heavy atom. The lowest BCUT2D eigenvalue weighted by atomic mass is 9.95. The van der Waals surface area contributed by atoms with Gasteiger partial charge in [0.15, 0.2) is 0 Å². The van der Waals surface area contributed by atoms with E-state index in [1.165, 1.54) is 12.1 Å². The zero-order valence-electron chi connectivity index (χ0n) is 25.6. The van der Waals surface area contributed by atoms with Crippen molar-refractivity contribution in [3.63, 3.8) is 0 Å². The largest absolute Gasteiger partial charge is 0.461 e. The number of carbonyl (C=O) groups is 1. The number of hydrogen-bond acceptors (Lipinski definition) is 8. The van der Waals surface area contributed by atoms with Gasteiger partial charge in [0.1, 0.15) is 24.4 Å². The highest BCUT2D eigenvalue weighted by atomic mass is 35.5. The number of aromatic nitrogens is 2. The molecule has 1 amide bonds. The molecule has 4 aliphatic heterocycles. The topological polar surface area (TPSA) is 88.8 Å². The Bertz CT molecular complexity index is 1730. The highest BCUT2D eigenvalue weighted by Crippen LogP contribution is 2.41. The average Bonchev–Trinajstić information content (AvgIpc) is 3.60. The monoisotopic (exact) mass is 647 g/mol. The van der Waals surface area contributed by atoms with E-state index in [0.29, 0.717) is 64.1 Å². The second kappa shape index (κ2) is 12.3. The number of nitriles is 1. The van der Waals surface area contributed by atoms with Gasteiger partial charge in [-0.1, -0.05) is 36.4 Å². The molecule has 7 rings (SSSR count). The highest BCUT2D eigenvalue weighted by Gasteiger charge is 2.49. The lowest BCUT2D eigenvalue weighted by Gasteiger charge is -2.42. The van der Waals surface area contributed by atoms with Crippen molar-refractivity contribution in [2.24, 2.45) is 0 Å². The molecular weight excluding hydrogens is 612 g/mol. The van der Waals surface area contributed by atoms with E-state index >= 15 is 0 Å². The molecule has 3 atom stereocenters. The minimum absolute atomic E-state index is 0.0878. The minimum atomic E-state index is -0.874. The predicted molar refractivity (Wildman–Crippen MR) is 172 cm³/mol. The maximum atomic E-state index is 14.6. The summed E-state index contributed by atoms with van der Waals surface area (Å²) in [5.41, 5.74) is 2.23. The number of piperazine rings is 1. The molecule has 240 valence electrons. The summed E-state index contributed by atoms with van der Waals surface area (Å²) in [6.45, 7) is 7.64. The number of amides is 1. The Hall–Kier alpha value is -4.01. The molecule has 4 aliphatic rings. The van der Waals surface area contributed by atoms with Crippen LogP contribution in [0.5, 0.6) is 6.01 Å². The van der Waals surface area contributed by atoms with Crippen LogP contribution in [-0.2, 0) is 17.8 Å². The van der Waals surface area contributed by atoms with E-state index < -0.39 is 12.0 Å². The molecule has 12 heteroatoms. The minimum Gasteiger partial charge on any atom is -0.461 e. The van der Waals surface area contributed by atoms with Crippen LogP contribution < -0.4 is 14.5 Å². The zero-order valence-corrected chi connectivity index (χ0v) is 26.4. The summed E-state index contributed by atoms with van der Waals surface area (Å²) >= 11 is 6.50. The third-order valence-corrected chi connectivity index (χ3v) is 10.4. The van der Waals surface area contributed by atoms with Gasteiger partial charge in [-0.25, -0.2) is 8.78 Å². The van der Waals surface area contributed by atoms with Gasteiger partial charge in [0.05, 0.1) is 41.3 Å². The molecule has 3 aromatic rings. The molecule has 46 heavy (non-hydrogen) atoms. The van der Waals surface area contributed by atoms with Crippen molar-refractivity contribution < 1.29 is 18.3 Å². The molecule has 0 bridgehead atoms. The Balaban J connectivity index is 1.24. The number of ether oxygens (including phenoxy) is 1. The standard InChI is InChI=1S/C34H36ClF2N7O2/c1-2-29(45)44-16-15-42(19-24(44)9-12-38)32-25-10-14-41(28-6-3-5-22-7-8-26(37)31(35)30(22)28)20-27(25)39-33(40-32)46-21-34-11-4-13-43(34)18-23(36)17-34/h2-3,5-8,23-24H,1,4,9-11,13-21H2/t23-,24+,34+/m1/s1. The summed E-state index contributed by atoms with van der Waals surface area (Å²) in [6, 6.07) is 11.0. The van der Waals surface area contributed by atoms with Crippen molar-refractivity contribution >= 4 is 39.8 Å². The Labute approximate surface area is 272 Å². The van der Waals surface area contributed by atoms with Gasteiger partial charge in [-0.15, -0.1) is 0 Å². The number of rotatable bonds is 7. The van der Waals surface area contributed by atoms with E-state index in [4.69, 9.17) is 26.3 Å². The number of carbonyl (C=O) groups excluding carboxylic acids is 1. The fraction of sp³-hybridized carbons (Fsp3) is 0.471. The van der Waals surface area contributed by atoms with Crippen molar-refractivity contribution in [1.29, 1.82) is 5.26 Å². The van der Waals surface area contributed by atoms with Crippen LogP contribution in [0.25, 0.3) is 10.8 Å². The molecule has 5 heterocycles. The lowest BCUT2D eigenvalue weighted by molar-refractivity contribution is -0.128. The fourth-order valence-electron chi connectivity index (χ4n) is 7.86. The number of halogens is 3. The number of fused-ring (bicyclic) bond motifs is 3. The van der Waals surface area contributed by atoms with Crippen molar-refractivity contribution in [1.82, 2.24) is 19.8 Å². The molecular formula is C34H36ClF2N7O2. The van der Waals surface area contributed by atoms with Gasteiger partial charge in [0.25, 0.3) is 0 Å². The molecule has 3 fully saturated rings. The van der Waals surface area contributed by atoms with Crippen LogP contribution in [0.4, 0.5) is 20.3 Å². The molecule has 0 N–H and O–H groups in total. The third-order valence-electron chi connectivity index (χ3n) is 10.1. The molecule has 0 unspecified atom stereocenters. The zero-order chi connectivity index (χ0) is 32.0. The van der Waals surface area contributed by atoms with Crippen LogP contribution in [0, 0.1) is 17.1 Å². The number of anilines is 2. The fourth-order valence-corrected chi connectivity index (χ4v) is 8.13. The Kier molecular flexibility index (Phi) is 8.19. The smallest absolute Gasteiger partial charge is 0.318 e. The first kappa shape index (κ1) is 30.6. The molecule has 0 aliphatic carbocycles. The highest BCUT2D eigenvalue weighted by molar-refractivity contribution is 6.36. The van der Waals surface area contributed by atoms with Crippen molar-refractivity contribution in [2.75, 3.05) is 55.7 Å². The molecule has 0 spiro atoms. The summed E-state index contributed by atoms with van der Waals surface area (Å²) in [5.74, 6) is 0.0616. The Morgan fingerprint density at radius 2 is 2.04 bits per heavy atom. The van der Waals surface area contributed by atoms with E-state index in [0.717, 1.165) is 47.5 Å². The summed E-state index contributed by atoms with van der Waals surface area (Å²) in [4.78, 5) is 30.6. The molecule has 0 saturated carbocycles. The van der Waals surface area contributed by atoms with Crippen LogP contribution in [0.15, 0.2) is 43.0 Å². The maximum Gasteiger partial charge on any atom is 0.318 e. The van der Waals surface area contributed by atoms with Gasteiger partial charge < -0.3 is 19.4 Å². The molecule has 2 aromatic carbocycles. The normalized spacial score (nSPS) is 24.5. The van der Waals surface area contributed by atoms with E-state index in [1.807, 2.05) is 18.2 Å². The van der Waals surface area contributed by atoms with Crippen molar-refractivity contribution in [2.45, 2.75) is 56.4 Å². The van der Waals surface area contributed by atoms with E-state index in [9.17, 15) is 18.8 Å². The quantitative estimate of drug-likeness (QED) is 0.329. The summed E-state index contributed by atoms with van der Waals surface area (Å²) in [7, 11) is 0. The maximum absolute atomic E-state index is 14.6. The van der Waals surface area contributed by atoms with Gasteiger partial charge in [-0.05, 0) is 49.4 Å². The van der Waals surface area contributed by atoms with E-state index in [-0.39, 0.29) is 34.9 Å². The number of hydrogen-bond donors (Lipinski definition) is 0. The van der Waals surface area contributed by atoms with Gasteiger partial charge in [-0.3, -0.25) is 9.69 Å². The van der Waals surface area contributed by atoms with Crippen LogP contribution in [-0.4, -0.2) is 89.3 Å². The second-order valence-electron chi connectivity index (χ2n) is 12.7. The first-order valence-corrected chi connectivity index (χ1v) is 16.3. The molecule has 3 saturated heterocycles. The van der Waals surface area contributed by atoms with Gasteiger partial charge in [0.2, 0.25) is 5.91 Å². The third kappa shape index (κ3) is 5.41. The number of alkyl halides is 1. The van der Waals surface area contributed by atoms with Crippen molar-refractivity contribution in [3.8, 4) is 12.1 Å². The number of nitrogens with zero attached hydrogens (tertiary/aromatic N) is 7. The first-order chi connectivity index (χ1) is 22.3. The predicted octanol–water partition coefficient (Wildman–Crippen LogP) is 5.06. The van der Waals surface area contributed by atoms with Crippen LogP contribution in [0.3, 0.4) is 0 Å². The Morgan fingerprint density at radius 1 is 1.17 bits per heavy atom. The van der Waals surface area contributed by atoms with Gasteiger partial charge in [0, 0.05) is 55.8 Å². The van der Waals surface area contributed by atoms with Crippen LogP contribution >= 0.6 is 11.6 Å². The second-order valence-corrected chi connectivity index (χ2v) is 13.1. The summed E-state index contributed by atoms with van der Waals surface area (Å²) in [6.07, 6.45) is 3.52. The number of benzene rings is 2. The lowest BCUT2D eigenvalue weighted by Crippen LogP contribution is -2.55. The molecule has 1 aromatic heterocycles. The summed E-state index contributed by atoms with van der Waals surface area (Å²) in [5, 5.41) is 11.1. The van der Waals surface area contributed by atoms with Gasteiger partial charge >= 0.3 is 6.01 Å². The average molecular weight is 648 g/mol. The SMILES string of the molecule is C=CC(=O)N1CCN(c2nc(OC[C@@]34CCCN3C[C@H](F)C4)nc3c2CCN(c2cccc4ccc(F)c(Cl)c24)C3)C[C@@H]1CC#N. The first-order valence-electron chi connectivity index (χ1n) is 15.9. The summed E-state index contributed by atoms with van der Waals surface area (Å²) < 4.78 is 35.5. The van der Waals surface area contributed by atoms with E-state index in [1.54, 1.807) is 11.0 Å². The van der Waals surface area contributed by atoms with Crippen LogP contribution in [0.2, 0.25) is 5.02 Å². The molecule has 0 radical (unpaired) electrons. The van der Waals surface area contributed by atoms with Gasteiger partial charge in [-0.2, -0.15) is 15.2 Å². The van der Waals surface area contributed by atoms with Crippen molar-refractivity contribution in [3.05, 3.63) is 65.1 Å². The van der Waals surface area contributed by atoms with E-state index in [2.05, 4.69) is 27.3 Å².